The molecular weight excluding hydrogens is 306 g/mol. The Bertz CT molecular complexity index is 1100. The number of fused-ring (bicyclic) bond motifs is 3. The molecule has 0 unspecified atom stereocenters. The molecule has 4 rings (SSSR count). The van der Waals surface area contributed by atoms with E-state index in [0.29, 0.717) is 16.6 Å². The molecule has 4 aromatic rings. The maximum absolute atomic E-state index is 12.2. The molecular formula is C17H13N5O2. The molecule has 7 heteroatoms. The summed E-state index contributed by atoms with van der Waals surface area (Å²) in [6.07, 6.45) is 4.77. The van der Waals surface area contributed by atoms with Crippen LogP contribution in [0.3, 0.4) is 0 Å². The zero-order valence-corrected chi connectivity index (χ0v) is 12.6. The van der Waals surface area contributed by atoms with Crippen LogP contribution in [0.1, 0.15) is 15.9 Å². The van der Waals surface area contributed by atoms with Crippen molar-refractivity contribution < 1.29 is 4.79 Å². The van der Waals surface area contributed by atoms with Crippen LogP contribution in [-0.2, 0) is 6.54 Å². The number of rotatable bonds is 3. The first-order chi connectivity index (χ1) is 11.7. The summed E-state index contributed by atoms with van der Waals surface area (Å²) in [6, 6.07) is 10.5. The number of benzene rings is 1. The predicted molar refractivity (Wildman–Crippen MR) is 88.7 cm³/mol. The standard InChI is InChI=1S/C17H13N5O2/c23-16(11-5-7-18-8-6-11)19-9-12-10-20-22-14-4-2-1-3-13(14)17(24)21-15(12)22/h1-8,10H,9H2,(H,19,23)(H,21,24). The molecule has 1 aromatic carbocycles. The number of hydrogen-bond donors (Lipinski definition) is 2. The summed E-state index contributed by atoms with van der Waals surface area (Å²) < 4.78 is 1.67. The number of H-pyrrole nitrogens is 1. The summed E-state index contributed by atoms with van der Waals surface area (Å²) >= 11 is 0. The molecule has 1 amide bonds. The molecule has 0 spiro atoms. The Morgan fingerprint density at radius 1 is 1.17 bits per heavy atom. The minimum atomic E-state index is -0.208. The molecule has 0 saturated heterocycles. The van der Waals surface area contributed by atoms with Gasteiger partial charge < -0.3 is 10.3 Å². The van der Waals surface area contributed by atoms with E-state index in [1.54, 1.807) is 41.3 Å². The highest BCUT2D eigenvalue weighted by molar-refractivity contribution is 5.94. The van der Waals surface area contributed by atoms with Crippen molar-refractivity contribution in [3.8, 4) is 0 Å². The zero-order chi connectivity index (χ0) is 16.5. The first-order valence-electron chi connectivity index (χ1n) is 7.40. The molecule has 0 fully saturated rings. The van der Waals surface area contributed by atoms with Crippen LogP contribution in [0.2, 0.25) is 0 Å². The molecule has 24 heavy (non-hydrogen) atoms. The zero-order valence-electron chi connectivity index (χ0n) is 12.6. The maximum Gasteiger partial charge on any atom is 0.259 e. The van der Waals surface area contributed by atoms with Crippen LogP contribution in [0.5, 0.6) is 0 Å². The second-order valence-electron chi connectivity index (χ2n) is 5.32. The van der Waals surface area contributed by atoms with Crippen molar-refractivity contribution in [3.63, 3.8) is 0 Å². The van der Waals surface area contributed by atoms with E-state index < -0.39 is 0 Å². The lowest BCUT2D eigenvalue weighted by Gasteiger charge is -2.05. The van der Waals surface area contributed by atoms with Crippen LogP contribution in [0.25, 0.3) is 16.6 Å². The van der Waals surface area contributed by atoms with Gasteiger partial charge in [0, 0.05) is 30.1 Å². The fraction of sp³-hybridized carbons (Fsp3) is 0.0588. The highest BCUT2D eigenvalue weighted by atomic mass is 16.1. The topological polar surface area (TPSA) is 92.2 Å². The second kappa shape index (κ2) is 5.62. The van der Waals surface area contributed by atoms with E-state index in [2.05, 4.69) is 20.4 Å². The quantitative estimate of drug-likeness (QED) is 0.598. The van der Waals surface area contributed by atoms with Gasteiger partial charge in [-0.1, -0.05) is 12.1 Å². The Labute approximate surface area is 136 Å². The number of carbonyl (C=O) groups is 1. The van der Waals surface area contributed by atoms with Crippen LogP contribution in [0, 0.1) is 0 Å². The van der Waals surface area contributed by atoms with Gasteiger partial charge in [-0.15, -0.1) is 0 Å². The number of nitrogens with zero attached hydrogens (tertiary/aromatic N) is 3. The van der Waals surface area contributed by atoms with Gasteiger partial charge in [-0.3, -0.25) is 14.6 Å². The number of hydrogen-bond acceptors (Lipinski definition) is 4. The van der Waals surface area contributed by atoms with E-state index in [4.69, 9.17) is 0 Å². The average molecular weight is 319 g/mol. The summed E-state index contributed by atoms with van der Waals surface area (Å²) in [5.74, 6) is -0.208. The Kier molecular flexibility index (Phi) is 3.31. The van der Waals surface area contributed by atoms with Crippen molar-refractivity contribution in [3.05, 3.63) is 76.5 Å². The van der Waals surface area contributed by atoms with Gasteiger partial charge in [0.15, 0.2) is 0 Å². The van der Waals surface area contributed by atoms with Crippen molar-refractivity contribution in [2.75, 3.05) is 0 Å². The van der Waals surface area contributed by atoms with Crippen molar-refractivity contribution in [1.29, 1.82) is 0 Å². The van der Waals surface area contributed by atoms with E-state index >= 15 is 0 Å². The number of amides is 1. The summed E-state index contributed by atoms with van der Waals surface area (Å²) in [4.78, 5) is 31.0. The van der Waals surface area contributed by atoms with Gasteiger partial charge in [-0.2, -0.15) is 5.10 Å². The first-order valence-corrected chi connectivity index (χ1v) is 7.40. The normalized spacial score (nSPS) is 11.0. The second-order valence-corrected chi connectivity index (χ2v) is 5.32. The Balaban J connectivity index is 1.68. The molecule has 3 heterocycles. The lowest BCUT2D eigenvalue weighted by atomic mass is 10.2. The van der Waals surface area contributed by atoms with Crippen LogP contribution >= 0.6 is 0 Å². The van der Waals surface area contributed by atoms with Crippen LogP contribution < -0.4 is 10.9 Å². The molecule has 0 atom stereocenters. The summed E-state index contributed by atoms with van der Waals surface area (Å²) in [5.41, 5.74) is 2.39. The van der Waals surface area contributed by atoms with Crippen LogP contribution in [0.15, 0.2) is 59.8 Å². The van der Waals surface area contributed by atoms with E-state index in [1.165, 1.54) is 0 Å². The average Bonchev–Trinajstić information content (AvgIpc) is 3.03. The van der Waals surface area contributed by atoms with E-state index in [0.717, 1.165) is 11.1 Å². The molecule has 7 nitrogen and oxygen atoms in total. The number of aromatic amines is 1. The van der Waals surface area contributed by atoms with Gasteiger partial charge >= 0.3 is 0 Å². The van der Waals surface area contributed by atoms with Crippen LogP contribution in [-0.4, -0.2) is 25.5 Å². The van der Waals surface area contributed by atoms with Gasteiger partial charge in [0.05, 0.1) is 17.1 Å². The van der Waals surface area contributed by atoms with Gasteiger partial charge in [0.1, 0.15) is 5.65 Å². The van der Waals surface area contributed by atoms with E-state index in [-0.39, 0.29) is 18.0 Å². The summed E-state index contributed by atoms with van der Waals surface area (Å²) in [6.45, 7) is 0.263. The van der Waals surface area contributed by atoms with Crippen molar-refractivity contribution >= 4 is 22.5 Å². The Morgan fingerprint density at radius 3 is 2.79 bits per heavy atom. The largest absolute Gasteiger partial charge is 0.348 e. The third-order valence-electron chi connectivity index (χ3n) is 3.84. The molecule has 0 saturated carbocycles. The summed E-state index contributed by atoms with van der Waals surface area (Å²) in [7, 11) is 0. The molecule has 0 aliphatic carbocycles. The first kappa shape index (κ1) is 14.1. The number of carbonyl (C=O) groups excluding carboxylic acids is 1. The molecule has 0 radical (unpaired) electrons. The van der Waals surface area contributed by atoms with Gasteiger partial charge in [-0.05, 0) is 24.3 Å². The highest BCUT2D eigenvalue weighted by Crippen LogP contribution is 2.14. The lowest BCUT2D eigenvalue weighted by molar-refractivity contribution is 0.0951. The third kappa shape index (κ3) is 2.32. The molecule has 0 aliphatic rings. The highest BCUT2D eigenvalue weighted by Gasteiger charge is 2.11. The number of aromatic nitrogens is 4. The smallest absolute Gasteiger partial charge is 0.259 e. The minimum Gasteiger partial charge on any atom is -0.348 e. The Hall–Kier alpha value is -3.48. The number of nitrogens with one attached hydrogen (secondary N) is 2. The van der Waals surface area contributed by atoms with E-state index in [9.17, 15) is 9.59 Å². The Morgan fingerprint density at radius 2 is 1.96 bits per heavy atom. The van der Waals surface area contributed by atoms with E-state index in [1.807, 2.05) is 18.2 Å². The predicted octanol–water partition coefficient (Wildman–Crippen LogP) is 1.50. The monoisotopic (exact) mass is 319 g/mol. The van der Waals surface area contributed by atoms with Gasteiger partial charge in [-0.25, -0.2) is 4.52 Å². The fourth-order valence-electron chi connectivity index (χ4n) is 2.63. The SMILES string of the molecule is O=C(NCc1cnn2c1[nH]c(=O)c1ccccc12)c1ccncc1. The van der Waals surface area contributed by atoms with Gasteiger partial charge in [0.2, 0.25) is 0 Å². The molecule has 2 N–H and O–H groups in total. The molecule has 118 valence electrons. The van der Waals surface area contributed by atoms with Gasteiger partial charge in [0.25, 0.3) is 11.5 Å². The molecule has 0 bridgehead atoms. The molecule has 0 aliphatic heterocycles. The van der Waals surface area contributed by atoms with Crippen molar-refractivity contribution in [2.45, 2.75) is 6.54 Å². The molecule has 3 aromatic heterocycles. The number of pyridine rings is 1. The minimum absolute atomic E-state index is 0.180. The van der Waals surface area contributed by atoms with Crippen molar-refractivity contribution in [1.82, 2.24) is 24.9 Å². The van der Waals surface area contributed by atoms with Crippen LogP contribution in [0.4, 0.5) is 0 Å². The third-order valence-corrected chi connectivity index (χ3v) is 3.84. The van der Waals surface area contributed by atoms with Crippen molar-refractivity contribution in [2.24, 2.45) is 0 Å². The summed E-state index contributed by atoms with van der Waals surface area (Å²) in [5, 5.41) is 7.71. The number of para-hydroxylation sites is 1. The lowest BCUT2D eigenvalue weighted by Crippen LogP contribution is -2.23. The maximum atomic E-state index is 12.2. The fourth-order valence-corrected chi connectivity index (χ4v) is 2.63.